The summed E-state index contributed by atoms with van der Waals surface area (Å²) in [5, 5.41) is 22.2. The Bertz CT molecular complexity index is 1300. The molecular formula is C26H30N2O6S2. The molecular weight excluding hydrogens is 500 g/mol. The van der Waals surface area contributed by atoms with Crippen LogP contribution >= 0.6 is 11.3 Å². The van der Waals surface area contributed by atoms with Crippen LogP contribution < -0.4 is 10.1 Å². The second kappa shape index (κ2) is 11.4. The van der Waals surface area contributed by atoms with Gasteiger partial charge in [-0.25, -0.2) is 17.5 Å². The van der Waals surface area contributed by atoms with E-state index in [4.69, 9.17) is 9.84 Å². The number of ether oxygens (including phenoxy) is 1. The van der Waals surface area contributed by atoms with E-state index in [1.807, 2.05) is 61.5 Å². The van der Waals surface area contributed by atoms with Crippen LogP contribution in [0, 0.1) is 6.92 Å². The molecule has 36 heavy (non-hydrogen) atoms. The Balaban J connectivity index is 1.41. The van der Waals surface area contributed by atoms with E-state index in [0.717, 1.165) is 27.3 Å². The molecule has 1 aromatic heterocycles. The van der Waals surface area contributed by atoms with E-state index in [-0.39, 0.29) is 18.4 Å². The first-order valence-electron chi connectivity index (χ1n) is 11.7. The van der Waals surface area contributed by atoms with Crippen molar-refractivity contribution in [3.05, 3.63) is 70.6 Å². The molecule has 0 radical (unpaired) electrons. The number of hydrogen-bond donors (Lipinski definition) is 3. The second-order valence-electron chi connectivity index (χ2n) is 8.79. The lowest BCUT2D eigenvalue weighted by Gasteiger charge is -2.32. The number of thiophene rings is 1. The minimum absolute atomic E-state index is 0.0160. The largest absolute Gasteiger partial charge is 0.480 e. The summed E-state index contributed by atoms with van der Waals surface area (Å²) >= 11 is 1.38. The van der Waals surface area contributed by atoms with Gasteiger partial charge in [0.15, 0.2) is 6.61 Å². The van der Waals surface area contributed by atoms with E-state index in [1.165, 1.54) is 11.3 Å². The monoisotopic (exact) mass is 530 g/mol. The normalized spacial score (nSPS) is 15.1. The van der Waals surface area contributed by atoms with Crippen molar-refractivity contribution >= 4 is 33.0 Å². The lowest BCUT2D eigenvalue weighted by atomic mass is 10.0. The molecule has 0 spiro atoms. The zero-order valence-electron chi connectivity index (χ0n) is 20.0. The molecule has 2 heterocycles. The topological polar surface area (TPSA) is 116 Å². The lowest BCUT2D eigenvalue weighted by molar-refractivity contribution is -0.139. The van der Waals surface area contributed by atoms with Crippen LogP contribution in [-0.4, -0.2) is 54.6 Å². The van der Waals surface area contributed by atoms with Gasteiger partial charge in [0.25, 0.3) is 0 Å². The number of hydrogen-bond acceptors (Lipinski definition) is 7. The number of benzene rings is 2. The number of carboxylic acid groups (broad SMARTS) is 1. The van der Waals surface area contributed by atoms with Crippen LogP contribution in [0.3, 0.4) is 0 Å². The molecule has 0 atom stereocenters. The number of anilines is 1. The lowest BCUT2D eigenvalue weighted by Crippen LogP contribution is -2.42. The predicted octanol–water partition coefficient (Wildman–Crippen LogP) is 4.09. The number of aliphatic carboxylic acids is 1. The van der Waals surface area contributed by atoms with E-state index < -0.39 is 22.6 Å². The van der Waals surface area contributed by atoms with Crippen molar-refractivity contribution in [1.29, 1.82) is 0 Å². The Morgan fingerprint density at radius 1 is 1.14 bits per heavy atom. The number of nitrogens with one attached hydrogen (secondary N) is 1. The highest BCUT2D eigenvalue weighted by Gasteiger charge is 2.28. The van der Waals surface area contributed by atoms with Crippen molar-refractivity contribution in [3.8, 4) is 16.2 Å². The van der Waals surface area contributed by atoms with Crippen molar-refractivity contribution < 1.29 is 28.2 Å². The molecule has 8 nitrogen and oxygen atoms in total. The van der Waals surface area contributed by atoms with E-state index in [9.17, 15) is 18.3 Å². The van der Waals surface area contributed by atoms with Gasteiger partial charge < -0.3 is 20.3 Å². The van der Waals surface area contributed by atoms with Crippen LogP contribution in [0.2, 0.25) is 0 Å². The molecule has 1 fully saturated rings. The van der Waals surface area contributed by atoms with Crippen LogP contribution in [0.15, 0.2) is 54.6 Å². The van der Waals surface area contributed by atoms with Crippen molar-refractivity contribution in [2.24, 2.45) is 0 Å². The fourth-order valence-electron chi connectivity index (χ4n) is 4.40. The molecule has 0 saturated carbocycles. The van der Waals surface area contributed by atoms with Gasteiger partial charge in [0.05, 0.1) is 17.2 Å². The average Bonchev–Trinajstić information content (AvgIpc) is 3.19. The maximum atomic E-state index is 12.8. The molecule has 192 valence electrons. The highest BCUT2D eigenvalue weighted by atomic mass is 32.2. The number of carbonyl (C=O) groups is 1. The third-order valence-electron chi connectivity index (χ3n) is 6.18. The van der Waals surface area contributed by atoms with Crippen molar-refractivity contribution in [1.82, 2.24) is 4.31 Å². The third-order valence-corrected chi connectivity index (χ3v) is 9.34. The number of carboxylic acids is 1. The van der Waals surface area contributed by atoms with Crippen LogP contribution in [0.4, 0.5) is 5.69 Å². The molecule has 4 rings (SSSR count). The first kappa shape index (κ1) is 26.2. The van der Waals surface area contributed by atoms with Crippen molar-refractivity contribution in [2.45, 2.75) is 38.2 Å². The minimum Gasteiger partial charge on any atom is -0.480 e. The predicted molar refractivity (Wildman–Crippen MR) is 141 cm³/mol. The standard InChI is InChI=1S/C26H30N2O6S2/c1-18-25(34-16-24(30)31)23(15-29)35-26(18)20-8-5-9-22(14-20)27-21-10-12-28(13-11-21)36(32,33)17-19-6-3-2-4-7-19/h2-9,14,21,27,29H,10-13,15-17H2,1H3,(H,30,31). The highest BCUT2D eigenvalue weighted by Crippen LogP contribution is 2.42. The van der Waals surface area contributed by atoms with Crippen LogP contribution in [0.1, 0.15) is 28.8 Å². The van der Waals surface area contributed by atoms with E-state index in [1.54, 1.807) is 4.31 Å². The Hall–Kier alpha value is -2.92. The molecule has 0 amide bonds. The number of piperidine rings is 1. The van der Waals surface area contributed by atoms with Crippen molar-refractivity contribution in [2.75, 3.05) is 25.0 Å². The van der Waals surface area contributed by atoms with Gasteiger partial charge in [0.2, 0.25) is 10.0 Å². The summed E-state index contributed by atoms with van der Waals surface area (Å²) in [5.41, 5.74) is 3.44. The number of aliphatic hydroxyl groups excluding tert-OH is 1. The maximum absolute atomic E-state index is 12.8. The first-order valence-corrected chi connectivity index (χ1v) is 14.2. The summed E-state index contributed by atoms with van der Waals surface area (Å²) < 4.78 is 32.7. The highest BCUT2D eigenvalue weighted by molar-refractivity contribution is 7.88. The first-order chi connectivity index (χ1) is 17.3. The van der Waals surface area contributed by atoms with Gasteiger partial charge in [0.1, 0.15) is 5.75 Å². The number of aliphatic hydroxyl groups is 1. The molecule has 10 heteroatoms. The fraction of sp³-hybridized carbons (Fsp3) is 0.346. The van der Waals surface area contributed by atoms with E-state index in [2.05, 4.69) is 5.32 Å². The molecule has 1 aliphatic heterocycles. The van der Waals surface area contributed by atoms with Crippen LogP contribution in [-0.2, 0) is 27.2 Å². The zero-order valence-corrected chi connectivity index (χ0v) is 21.6. The average molecular weight is 531 g/mol. The van der Waals surface area contributed by atoms with Crippen LogP contribution in [0.25, 0.3) is 10.4 Å². The Kier molecular flexibility index (Phi) is 8.30. The quantitative estimate of drug-likeness (QED) is 0.362. The summed E-state index contributed by atoms with van der Waals surface area (Å²) in [4.78, 5) is 12.4. The summed E-state index contributed by atoms with van der Waals surface area (Å²) in [6.45, 7) is 2.10. The van der Waals surface area contributed by atoms with Crippen molar-refractivity contribution in [3.63, 3.8) is 0 Å². The number of rotatable bonds is 10. The van der Waals surface area contributed by atoms with Gasteiger partial charge in [-0.3, -0.25) is 0 Å². The third kappa shape index (κ3) is 6.25. The maximum Gasteiger partial charge on any atom is 0.341 e. The molecule has 1 aliphatic rings. The summed E-state index contributed by atoms with van der Waals surface area (Å²) in [5.74, 6) is -0.638. The van der Waals surface area contributed by atoms with Gasteiger partial charge >= 0.3 is 5.97 Å². The molecule has 2 aromatic carbocycles. The van der Waals surface area contributed by atoms with Crippen LogP contribution in [0.5, 0.6) is 5.75 Å². The summed E-state index contributed by atoms with van der Waals surface area (Å²) in [6.07, 6.45) is 1.41. The molecule has 3 aromatic rings. The SMILES string of the molecule is Cc1c(-c2cccc(NC3CCN(S(=O)(=O)Cc4ccccc4)CC3)c2)sc(CO)c1OCC(=O)O. The smallest absolute Gasteiger partial charge is 0.341 e. The summed E-state index contributed by atoms with van der Waals surface area (Å²) in [7, 11) is -3.36. The number of sulfonamides is 1. The Morgan fingerprint density at radius 2 is 1.86 bits per heavy atom. The molecule has 1 saturated heterocycles. The second-order valence-corrected chi connectivity index (χ2v) is 11.9. The van der Waals surface area contributed by atoms with Gasteiger partial charge in [0, 0.05) is 35.3 Å². The number of nitrogens with zero attached hydrogens (tertiary/aromatic N) is 1. The summed E-state index contributed by atoms with van der Waals surface area (Å²) in [6, 6.07) is 17.3. The Morgan fingerprint density at radius 3 is 2.53 bits per heavy atom. The van der Waals surface area contributed by atoms with Gasteiger partial charge in [-0.2, -0.15) is 0 Å². The zero-order chi connectivity index (χ0) is 25.7. The molecule has 3 N–H and O–H groups in total. The fourth-order valence-corrected chi connectivity index (χ4v) is 7.07. The minimum atomic E-state index is -3.36. The Labute approximate surface area is 215 Å². The van der Waals surface area contributed by atoms with E-state index in [0.29, 0.717) is 36.6 Å². The van der Waals surface area contributed by atoms with Gasteiger partial charge in [-0.05, 0) is 43.0 Å². The van der Waals surface area contributed by atoms with Gasteiger partial charge in [-0.1, -0.05) is 42.5 Å². The molecule has 0 unspecified atom stereocenters. The van der Waals surface area contributed by atoms with Gasteiger partial charge in [-0.15, -0.1) is 11.3 Å². The van der Waals surface area contributed by atoms with E-state index >= 15 is 0 Å². The molecule has 0 bridgehead atoms. The molecule has 0 aliphatic carbocycles.